The van der Waals surface area contributed by atoms with E-state index in [1.54, 1.807) is 41.4 Å². The maximum atomic E-state index is 11.6. The number of carbonyl (C=O) groups excluding carboxylic acids is 1. The first-order chi connectivity index (χ1) is 12.0. The molecule has 1 N–H and O–H groups in total. The van der Waals surface area contributed by atoms with Crippen LogP contribution in [0, 0.1) is 0 Å². The Bertz CT molecular complexity index is 831. The Balaban J connectivity index is 1.95. The van der Waals surface area contributed by atoms with E-state index in [-0.39, 0.29) is 18.2 Å². The number of methoxy groups -OCH3 is 1. The van der Waals surface area contributed by atoms with Crippen molar-refractivity contribution in [3.05, 3.63) is 64.7 Å². The third kappa shape index (κ3) is 3.49. The van der Waals surface area contributed by atoms with Gasteiger partial charge in [-0.2, -0.15) is 5.10 Å². The minimum atomic E-state index is -1.05. The van der Waals surface area contributed by atoms with Crippen LogP contribution in [-0.2, 0) is 9.53 Å². The number of hydrazone groups is 1. The monoisotopic (exact) mass is 358 g/mol. The van der Waals surface area contributed by atoms with Gasteiger partial charge >= 0.3 is 11.9 Å². The molecule has 7 heteroatoms. The molecule has 2 aromatic carbocycles. The van der Waals surface area contributed by atoms with Gasteiger partial charge in [-0.25, -0.2) is 9.59 Å². The van der Waals surface area contributed by atoms with E-state index in [2.05, 4.69) is 9.84 Å². The lowest BCUT2D eigenvalue weighted by atomic mass is 10.0. The number of esters is 1. The van der Waals surface area contributed by atoms with Crippen molar-refractivity contribution in [1.82, 2.24) is 0 Å². The molecule has 1 unspecified atom stereocenters. The number of carboxylic acids is 1. The Morgan fingerprint density at radius 3 is 2.36 bits per heavy atom. The summed E-state index contributed by atoms with van der Waals surface area (Å²) in [6, 6.07) is 13.6. The van der Waals surface area contributed by atoms with Gasteiger partial charge in [0.2, 0.25) is 0 Å². The molecule has 1 aliphatic heterocycles. The van der Waals surface area contributed by atoms with Gasteiger partial charge in [0, 0.05) is 11.4 Å². The van der Waals surface area contributed by atoms with Crippen LogP contribution in [-0.4, -0.2) is 29.9 Å². The molecule has 0 aliphatic carbocycles. The smallest absolute Gasteiger partial charge is 0.352 e. The second-order valence-corrected chi connectivity index (χ2v) is 5.94. The fourth-order valence-electron chi connectivity index (χ4n) is 2.69. The lowest BCUT2D eigenvalue weighted by molar-refractivity contribution is -0.129. The topological polar surface area (TPSA) is 79.2 Å². The minimum Gasteiger partial charge on any atom is -0.477 e. The molecule has 0 saturated heterocycles. The van der Waals surface area contributed by atoms with Crippen molar-refractivity contribution in [1.29, 1.82) is 0 Å². The van der Waals surface area contributed by atoms with Gasteiger partial charge in [-0.15, -0.1) is 0 Å². The molecule has 1 aliphatic rings. The maximum Gasteiger partial charge on any atom is 0.352 e. The molecule has 0 fully saturated rings. The Labute approximate surface area is 149 Å². The standard InChI is InChI=1S/C18H15ClN2O4/c1-25-18(24)12-4-8-14(9-5-12)21-16(10-15(20-21)17(22)23)11-2-6-13(19)7-3-11/h2-9,16H,10H2,1H3,(H,22,23). The zero-order valence-corrected chi connectivity index (χ0v) is 14.1. The zero-order valence-electron chi connectivity index (χ0n) is 13.3. The van der Waals surface area contributed by atoms with E-state index in [0.717, 1.165) is 5.56 Å². The number of hydrogen-bond acceptors (Lipinski definition) is 5. The number of nitrogens with zero attached hydrogens (tertiary/aromatic N) is 2. The summed E-state index contributed by atoms with van der Waals surface area (Å²) in [6.07, 6.45) is 0.274. The van der Waals surface area contributed by atoms with Gasteiger partial charge in [-0.1, -0.05) is 23.7 Å². The Morgan fingerprint density at radius 1 is 1.16 bits per heavy atom. The van der Waals surface area contributed by atoms with Crippen LogP contribution in [0.25, 0.3) is 0 Å². The van der Waals surface area contributed by atoms with Crippen LogP contribution < -0.4 is 5.01 Å². The van der Waals surface area contributed by atoms with Crippen LogP contribution in [0.4, 0.5) is 5.69 Å². The number of benzene rings is 2. The first-order valence-electron chi connectivity index (χ1n) is 7.53. The van der Waals surface area contributed by atoms with E-state index in [1.807, 2.05) is 12.1 Å². The van der Waals surface area contributed by atoms with E-state index < -0.39 is 11.9 Å². The number of hydrogen-bond donors (Lipinski definition) is 1. The first-order valence-corrected chi connectivity index (χ1v) is 7.91. The van der Waals surface area contributed by atoms with Crippen molar-refractivity contribution < 1.29 is 19.4 Å². The number of rotatable bonds is 4. The summed E-state index contributed by atoms with van der Waals surface area (Å²) >= 11 is 5.93. The average molecular weight is 359 g/mol. The molecule has 2 aromatic rings. The van der Waals surface area contributed by atoms with Crippen molar-refractivity contribution in [3.63, 3.8) is 0 Å². The summed E-state index contributed by atoms with van der Waals surface area (Å²) in [5.74, 6) is -1.48. The van der Waals surface area contributed by atoms with Gasteiger partial charge in [0.1, 0.15) is 5.71 Å². The first kappa shape index (κ1) is 17.0. The molecule has 0 aromatic heterocycles. The summed E-state index contributed by atoms with van der Waals surface area (Å²) < 4.78 is 4.68. The molecule has 25 heavy (non-hydrogen) atoms. The number of halogens is 1. The zero-order chi connectivity index (χ0) is 18.0. The molecular formula is C18H15ClN2O4. The molecule has 0 bridgehead atoms. The second kappa shape index (κ2) is 6.94. The van der Waals surface area contributed by atoms with Crippen LogP contribution in [0.3, 0.4) is 0 Å². The highest BCUT2D eigenvalue weighted by Crippen LogP contribution is 2.35. The van der Waals surface area contributed by atoms with Crippen molar-refractivity contribution >= 4 is 34.9 Å². The highest BCUT2D eigenvalue weighted by Gasteiger charge is 2.32. The van der Waals surface area contributed by atoms with E-state index in [9.17, 15) is 14.7 Å². The summed E-state index contributed by atoms with van der Waals surface area (Å²) in [7, 11) is 1.32. The molecule has 3 rings (SSSR count). The number of carboxylic acid groups (broad SMARTS) is 1. The van der Waals surface area contributed by atoms with Crippen LogP contribution in [0.15, 0.2) is 53.6 Å². The van der Waals surface area contributed by atoms with Crippen molar-refractivity contribution in [2.24, 2.45) is 5.10 Å². The van der Waals surface area contributed by atoms with Crippen LogP contribution in [0.5, 0.6) is 0 Å². The third-order valence-electron chi connectivity index (χ3n) is 3.96. The van der Waals surface area contributed by atoms with Gasteiger partial charge in [-0.3, -0.25) is 5.01 Å². The molecule has 0 spiro atoms. The predicted octanol–water partition coefficient (Wildman–Crippen LogP) is 3.52. The fraction of sp³-hybridized carbons (Fsp3) is 0.167. The van der Waals surface area contributed by atoms with E-state index in [1.165, 1.54) is 7.11 Å². The molecule has 1 heterocycles. The number of ether oxygens (including phenoxy) is 1. The van der Waals surface area contributed by atoms with Crippen LogP contribution in [0.1, 0.15) is 28.4 Å². The molecule has 0 amide bonds. The highest BCUT2D eigenvalue weighted by atomic mass is 35.5. The van der Waals surface area contributed by atoms with Crippen molar-refractivity contribution in [2.45, 2.75) is 12.5 Å². The van der Waals surface area contributed by atoms with Crippen molar-refractivity contribution in [2.75, 3.05) is 12.1 Å². The summed E-state index contributed by atoms with van der Waals surface area (Å²) in [4.78, 5) is 22.9. The molecule has 0 radical (unpaired) electrons. The molecule has 1 atom stereocenters. The van der Waals surface area contributed by atoms with E-state index >= 15 is 0 Å². The van der Waals surface area contributed by atoms with Crippen molar-refractivity contribution in [3.8, 4) is 0 Å². The Morgan fingerprint density at radius 2 is 1.80 bits per heavy atom. The summed E-state index contributed by atoms with van der Waals surface area (Å²) in [6.45, 7) is 0. The average Bonchev–Trinajstić information content (AvgIpc) is 3.07. The van der Waals surface area contributed by atoms with Gasteiger partial charge in [0.15, 0.2) is 0 Å². The number of anilines is 1. The third-order valence-corrected chi connectivity index (χ3v) is 4.22. The molecule has 128 valence electrons. The fourth-order valence-corrected chi connectivity index (χ4v) is 2.82. The van der Waals surface area contributed by atoms with E-state index in [0.29, 0.717) is 16.3 Å². The molecular weight excluding hydrogens is 344 g/mol. The lowest BCUT2D eigenvalue weighted by Gasteiger charge is -2.24. The predicted molar refractivity (Wildman–Crippen MR) is 94.1 cm³/mol. The van der Waals surface area contributed by atoms with E-state index in [4.69, 9.17) is 11.6 Å². The second-order valence-electron chi connectivity index (χ2n) is 5.51. The Kier molecular flexibility index (Phi) is 4.72. The van der Waals surface area contributed by atoms with Gasteiger partial charge in [0.05, 0.1) is 24.4 Å². The quantitative estimate of drug-likeness (QED) is 0.846. The maximum absolute atomic E-state index is 11.6. The lowest BCUT2D eigenvalue weighted by Crippen LogP contribution is -2.18. The van der Waals surface area contributed by atoms with Crippen LogP contribution >= 0.6 is 11.6 Å². The molecule has 0 saturated carbocycles. The Hall–Kier alpha value is -2.86. The normalized spacial score (nSPS) is 16.5. The summed E-state index contributed by atoms with van der Waals surface area (Å²) in [5, 5.41) is 15.8. The summed E-state index contributed by atoms with van der Waals surface area (Å²) in [5.41, 5.74) is 2.08. The molecule has 6 nitrogen and oxygen atoms in total. The number of aliphatic carboxylic acids is 1. The minimum absolute atomic E-state index is 0.0806. The largest absolute Gasteiger partial charge is 0.477 e. The van der Waals surface area contributed by atoms with Crippen LogP contribution in [0.2, 0.25) is 5.02 Å². The number of carbonyl (C=O) groups is 2. The SMILES string of the molecule is COC(=O)c1ccc(N2N=C(C(=O)O)CC2c2ccc(Cl)cc2)cc1. The highest BCUT2D eigenvalue weighted by molar-refractivity contribution is 6.36. The van der Waals surface area contributed by atoms with Gasteiger partial charge in [-0.05, 0) is 42.0 Å². The van der Waals surface area contributed by atoms with Gasteiger partial charge < -0.3 is 9.84 Å². The van der Waals surface area contributed by atoms with Gasteiger partial charge in [0.25, 0.3) is 0 Å².